The summed E-state index contributed by atoms with van der Waals surface area (Å²) in [6.07, 6.45) is 4.39. The maximum absolute atomic E-state index is 10.5. The third-order valence-corrected chi connectivity index (χ3v) is 5.49. The first-order valence-corrected chi connectivity index (χ1v) is 10.5. The van der Waals surface area contributed by atoms with Gasteiger partial charge in [0.2, 0.25) is 0 Å². The number of aryl methyl sites for hydroxylation is 1. The second kappa shape index (κ2) is 9.89. The minimum Gasteiger partial charge on any atom is -0.491 e. The summed E-state index contributed by atoms with van der Waals surface area (Å²) < 4.78 is 7.79. The first-order chi connectivity index (χ1) is 14.7. The molecule has 2 N–H and O–H groups in total. The number of hydrogen-bond donors (Lipinski definition) is 2. The van der Waals surface area contributed by atoms with E-state index in [1.807, 2.05) is 37.6 Å². The summed E-state index contributed by atoms with van der Waals surface area (Å²) in [6, 6.07) is 16.6. The van der Waals surface area contributed by atoms with E-state index in [0.717, 1.165) is 42.9 Å². The molecule has 1 aliphatic heterocycles. The maximum atomic E-state index is 10.5. The van der Waals surface area contributed by atoms with Gasteiger partial charge in [0.05, 0.1) is 6.20 Å². The molecule has 0 fully saturated rings. The summed E-state index contributed by atoms with van der Waals surface area (Å²) in [5, 5.41) is 18.2. The first kappa shape index (κ1) is 20.6. The van der Waals surface area contributed by atoms with E-state index in [2.05, 4.69) is 45.6 Å². The fourth-order valence-electron chi connectivity index (χ4n) is 3.94. The van der Waals surface area contributed by atoms with Crippen molar-refractivity contribution in [3.05, 3.63) is 83.2 Å². The number of aliphatic hydroxyl groups excluding tert-OH is 1. The number of fused-ring (bicyclic) bond motifs is 1. The number of β-amino-alcohol motifs (C(OH)–C–C–N with tert-alkyl or cyclic N) is 1. The molecule has 0 unspecified atom stereocenters. The van der Waals surface area contributed by atoms with E-state index in [1.165, 1.54) is 11.1 Å². The number of rotatable bonds is 9. The van der Waals surface area contributed by atoms with Crippen LogP contribution in [0.15, 0.2) is 60.9 Å². The van der Waals surface area contributed by atoms with Gasteiger partial charge in [0.25, 0.3) is 0 Å². The van der Waals surface area contributed by atoms with Crippen molar-refractivity contribution in [2.24, 2.45) is 7.05 Å². The number of aromatic nitrogens is 2. The van der Waals surface area contributed by atoms with E-state index in [-0.39, 0.29) is 6.61 Å². The zero-order chi connectivity index (χ0) is 20.8. The largest absolute Gasteiger partial charge is 0.491 e. The minimum atomic E-state index is -0.522. The molecule has 0 aliphatic carbocycles. The maximum Gasteiger partial charge on any atom is 0.123 e. The molecule has 6 nitrogen and oxygen atoms in total. The van der Waals surface area contributed by atoms with Gasteiger partial charge in [-0.15, -0.1) is 0 Å². The summed E-state index contributed by atoms with van der Waals surface area (Å²) in [6.45, 7) is 4.23. The van der Waals surface area contributed by atoms with Crippen LogP contribution < -0.4 is 10.1 Å². The van der Waals surface area contributed by atoms with Crippen LogP contribution in [0.2, 0.25) is 0 Å². The normalized spacial score (nSPS) is 15.0. The molecule has 0 spiro atoms. The second-order valence-corrected chi connectivity index (χ2v) is 7.95. The Bertz CT molecular complexity index is 956. The van der Waals surface area contributed by atoms with Crippen LogP contribution in [0.3, 0.4) is 0 Å². The Morgan fingerprint density at radius 3 is 2.73 bits per heavy atom. The smallest absolute Gasteiger partial charge is 0.123 e. The van der Waals surface area contributed by atoms with E-state index in [9.17, 15) is 5.11 Å². The van der Waals surface area contributed by atoms with Crippen molar-refractivity contribution in [1.82, 2.24) is 20.0 Å². The summed E-state index contributed by atoms with van der Waals surface area (Å²) in [5.74, 6) is 0.819. The fourth-order valence-corrected chi connectivity index (χ4v) is 3.94. The molecule has 4 rings (SSSR count). The number of hydrogen-bond acceptors (Lipinski definition) is 5. The van der Waals surface area contributed by atoms with Gasteiger partial charge in [0.1, 0.15) is 18.5 Å². The summed E-state index contributed by atoms with van der Waals surface area (Å²) in [7, 11) is 1.92. The Morgan fingerprint density at radius 1 is 1.10 bits per heavy atom. The van der Waals surface area contributed by atoms with Crippen molar-refractivity contribution in [2.45, 2.75) is 32.2 Å². The Labute approximate surface area is 178 Å². The Kier molecular flexibility index (Phi) is 6.79. The van der Waals surface area contributed by atoms with E-state index < -0.39 is 6.10 Å². The van der Waals surface area contributed by atoms with Gasteiger partial charge >= 0.3 is 0 Å². The van der Waals surface area contributed by atoms with Crippen molar-refractivity contribution in [1.29, 1.82) is 0 Å². The van der Waals surface area contributed by atoms with Gasteiger partial charge in [-0.1, -0.05) is 42.5 Å². The molecule has 1 aromatic heterocycles. The Hall–Kier alpha value is -2.67. The van der Waals surface area contributed by atoms with E-state index in [0.29, 0.717) is 13.1 Å². The van der Waals surface area contributed by atoms with Crippen LogP contribution in [-0.4, -0.2) is 45.6 Å². The van der Waals surface area contributed by atoms with Gasteiger partial charge in [0, 0.05) is 57.1 Å². The van der Waals surface area contributed by atoms with Crippen molar-refractivity contribution < 1.29 is 9.84 Å². The lowest BCUT2D eigenvalue weighted by Crippen LogP contribution is -2.38. The third-order valence-electron chi connectivity index (χ3n) is 5.49. The van der Waals surface area contributed by atoms with Gasteiger partial charge in [-0.2, -0.15) is 5.10 Å². The number of ether oxygens (including phenoxy) is 1. The molecule has 2 heterocycles. The van der Waals surface area contributed by atoms with E-state index in [4.69, 9.17) is 4.74 Å². The van der Waals surface area contributed by atoms with Crippen LogP contribution in [0.4, 0.5) is 0 Å². The van der Waals surface area contributed by atoms with Crippen LogP contribution in [0.1, 0.15) is 22.3 Å². The lowest BCUT2D eigenvalue weighted by molar-refractivity contribution is 0.0634. The Morgan fingerprint density at radius 2 is 1.90 bits per heavy atom. The van der Waals surface area contributed by atoms with Crippen molar-refractivity contribution in [2.75, 3.05) is 19.7 Å². The van der Waals surface area contributed by atoms with Crippen molar-refractivity contribution in [3.63, 3.8) is 0 Å². The molecule has 2 aromatic carbocycles. The van der Waals surface area contributed by atoms with Gasteiger partial charge in [0.15, 0.2) is 0 Å². The second-order valence-electron chi connectivity index (χ2n) is 7.95. The molecule has 6 heteroatoms. The summed E-state index contributed by atoms with van der Waals surface area (Å²) in [4.78, 5) is 2.30. The molecule has 158 valence electrons. The van der Waals surface area contributed by atoms with Gasteiger partial charge in [-0.05, 0) is 23.6 Å². The zero-order valence-electron chi connectivity index (χ0n) is 17.5. The molecule has 0 saturated heterocycles. The number of aliphatic hydroxyl groups is 1. The molecular weight excluding hydrogens is 376 g/mol. The highest BCUT2D eigenvalue weighted by molar-refractivity contribution is 5.33. The van der Waals surface area contributed by atoms with Crippen LogP contribution >= 0.6 is 0 Å². The number of nitrogens with zero attached hydrogens (tertiary/aromatic N) is 3. The molecule has 0 bridgehead atoms. The predicted molar refractivity (Wildman–Crippen MR) is 117 cm³/mol. The standard InChI is InChI=1S/C24H30N4O2/c1-27-15-19(13-26-27)12-25-14-21-7-4-5-9-24(21)30-18-23(29)17-28-11-10-20-6-2-3-8-22(20)16-28/h2-9,13,15,23,25,29H,10-12,14,16-18H2,1H3/t23-/m0/s1. The quantitative estimate of drug-likeness (QED) is 0.572. The molecule has 30 heavy (non-hydrogen) atoms. The lowest BCUT2D eigenvalue weighted by atomic mass is 10.00. The highest BCUT2D eigenvalue weighted by Crippen LogP contribution is 2.20. The molecule has 1 aliphatic rings. The highest BCUT2D eigenvalue weighted by Gasteiger charge is 2.19. The molecular formula is C24H30N4O2. The molecule has 0 saturated carbocycles. The van der Waals surface area contributed by atoms with Crippen LogP contribution in [0.25, 0.3) is 0 Å². The predicted octanol–water partition coefficient (Wildman–Crippen LogP) is 2.51. The SMILES string of the molecule is Cn1cc(CNCc2ccccc2OC[C@@H](O)CN2CCc3ccccc3C2)cn1. The zero-order valence-corrected chi connectivity index (χ0v) is 17.5. The van der Waals surface area contributed by atoms with E-state index >= 15 is 0 Å². The minimum absolute atomic E-state index is 0.289. The van der Waals surface area contributed by atoms with Crippen molar-refractivity contribution >= 4 is 0 Å². The van der Waals surface area contributed by atoms with E-state index in [1.54, 1.807) is 4.68 Å². The molecule has 0 amide bonds. The summed E-state index contributed by atoms with van der Waals surface area (Å²) >= 11 is 0. The molecule has 0 radical (unpaired) electrons. The van der Waals surface area contributed by atoms with Crippen LogP contribution in [0.5, 0.6) is 5.75 Å². The summed E-state index contributed by atoms with van der Waals surface area (Å²) in [5.41, 5.74) is 5.02. The number of nitrogens with one attached hydrogen (secondary N) is 1. The third kappa shape index (κ3) is 5.48. The average molecular weight is 407 g/mol. The monoisotopic (exact) mass is 406 g/mol. The fraction of sp³-hybridized carbons (Fsp3) is 0.375. The van der Waals surface area contributed by atoms with Gasteiger partial charge in [-0.3, -0.25) is 9.58 Å². The number of para-hydroxylation sites is 1. The Balaban J connectivity index is 1.25. The van der Waals surface area contributed by atoms with Gasteiger partial charge < -0.3 is 15.2 Å². The average Bonchev–Trinajstić information content (AvgIpc) is 3.18. The molecule has 3 aromatic rings. The highest BCUT2D eigenvalue weighted by atomic mass is 16.5. The topological polar surface area (TPSA) is 62.6 Å². The van der Waals surface area contributed by atoms with Crippen molar-refractivity contribution in [3.8, 4) is 5.75 Å². The van der Waals surface area contributed by atoms with Crippen LogP contribution in [0, 0.1) is 0 Å². The first-order valence-electron chi connectivity index (χ1n) is 10.5. The van der Waals surface area contributed by atoms with Crippen LogP contribution in [-0.2, 0) is 33.1 Å². The lowest BCUT2D eigenvalue weighted by Gasteiger charge is -2.30. The van der Waals surface area contributed by atoms with Gasteiger partial charge in [-0.25, -0.2) is 0 Å². The number of benzene rings is 2. The molecule has 1 atom stereocenters.